The highest BCUT2D eigenvalue weighted by molar-refractivity contribution is 7.16. The SMILES string of the molecule is COC(=O)c1nc(NC(=O)c2sc(C)nc2-c2ccccc2)sc1C(C)C. The molecule has 0 aliphatic heterocycles. The van der Waals surface area contributed by atoms with Gasteiger partial charge in [0.1, 0.15) is 4.88 Å². The van der Waals surface area contributed by atoms with Crippen LogP contribution in [-0.2, 0) is 4.74 Å². The number of methoxy groups -OCH3 is 1. The lowest BCUT2D eigenvalue weighted by molar-refractivity contribution is 0.0593. The molecule has 27 heavy (non-hydrogen) atoms. The number of aryl methyl sites for hydroxylation is 1. The summed E-state index contributed by atoms with van der Waals surface area (Å²) in [5.74, 6) is -0.707. The van der Waals surface area contributed by atoms with Gasteiger partial charge in [0.15, 0.2) is 10.8 Å². The number of thiazole rings is 2. The molecule has 0 aliphatic carbocycles. The number of aromatic nitrogens is 2. The molecule has 8 heteroatoms. The fourth-order valence-electron chi connectivity index (χ4n) is 2.55. The van der Waals surface area contributed by atoms with E-state index in [9.17, 15) is 9.59 Å². The third-order valence-electron chi connectivity index (χ3n) is 3.76. The summed E-state index contributed by atoms with van der Waals surface area (Å²) in [4.78, 5) is 34.9. The molecule has 2 aromatic heterocycles. The number of esters is 1. The number of hydrogen-bond acceptors (Lipinski definition) is 7. The average Bonchev–Trinajstić information content (AvgIpc) is 3.25. The van der Waals surface area contributed by atoms with Crippen molar-refractivity contribution in [2.24, 2.45) is 0 Å². The Bertz CT molecular complexity index is 978. The maximum atomic E-state index is 12.9. The van der Waals surface area contributed by atoms with Crippen molar-refractivity contribution < 1.29 is 14.3 Å². The van der Waals surface area contributed by atoms with Gasteiger partial charge >= 0.3 is 5.97 Å². The molecule has 2 heterocycles. The predicted octanol–water partition coefficient (Wildman–Crippen LogP) is 4.74. The first kappa shape index (κ1) is 19.2. The van der Waals surface area contributed by atoms with Crippen molar-refractivity contribution in [3.8, 4) is 11.3 Å². The van der Waals surface area contributed by atoms with Crippen LogP contribution in [-0.4, -0.2) is 29.0 Å². The zero-order valence-electron chi connectivity index (χ0n) is 15.4. The van der Waals surface area contributed by atoms with Gasteiger partial charge in [-0.2, -0.15) is 0 Å². The number of anilines is 1. The van der Waals surface area contributed by atoms with Crippen LogP contribution in [0.1, 0.15) is 49.8 Å². The molecule has 0 spiro atoms. The zero-order chi connectivity index (χ0) is 19.6. The molecule has 0 saturated heterocycles. The van der Waals surface area contributed by atoms with Gasteiger partial charge in [-0.05, 0) is 12.8 Å². The lowest BCUT2D eigenvalue weighted by Crippen LogP contribution is -2.12. The first-order valence-corrected chi connectivity index (χ1v) is 9.97. The molecule has 1 N–H and O–H groups in total. The Balaban J connectivity index is 1.92. The van der Waals surface area contributed by atoms with Gasteiger partial charge in [0.05, 0.1) is 17.8 Å². The third kappa shape index (κ3) is 4.06. The van der Waals surface area contributed by atoms with E-state index in [-0.39, 0.29) is 17.5 Å². The van der Waals surface area contributed by atoms with Crippen molar-refractivity contribution in [1.29, 1.82) is 0 Å². The Morgan fingerprint density at radius 2 is 1.81 bits per heavy atom. The number of nitrogens with zero attached hydrogens (tertiary/aromatic N) is 2. The Labute approximate surface area is 165 Å². The summed E-state index contributed by atoms with van der Waals surface area (Å²) >= 11 is 2.61. The first-order chi connectivity index (χ1) is 12.9. The summed E-state index contributed by atoms with van der Waals surface area (Å²) in [6, 6.07) is 9.57. The van der Waals surface area contributed by atoms with Gasteiger partial charge in [-0.15, -0.1) is 22.7 Å². The maximum Gasteiger partial charge on any atom is 0.357 e. The Morgan fingerprint density at radius 3 is 2.44 bits per heavy atom. The van der Waals surface area contributed by atoms with E-state index in [0.717, 1.165) is 15.4 Å². The third-order valence-corrected chi connectivity index (χ3v) is 6.01. The molecule has 0 aliphatic rings. The summed E-state index contributed by atoms with van der Waals surface area (Å²) in [6.07, 6.45) is 0. The molecule has 1 aromatic carbocycles. The van der Waals surface area contributed by atoms with Gasteiger partial charge in [-0.25, -0.2) is 14.8 Å². The molecular formula is C19H19N3O3S2. The van der Waals surface area contributed by atoms with Crippen LogP contribution in [0.5, 0.6) is 0 Å². The zero-order valence-corrected chi connectivity index (χ0v) is 17.0. The normalized spacial score (nSPS) is 10.9. The largest absolute Gasteiger partial charge is 0.464 e. The number of amides is 1. The summed E-state index contributed by atoms with van der Waals surface area (Å²) in [7, 11) is 1.32. The van der Waals surface area contributed by atoms with E-state index in [0.29, 0.717) is 15.7 Å². The minimum absolute atomic E-state index is 0.0905. The molecule has 0 unspecified atom stereocenters. The van der Waals surface area contributed by atoms with Gasteiger partial charge in [0, 0.05) is 10.4 Å². The number of carbonyl (C=O) groups excluding carboxylic acids is 2. The summed E-state index contributed by atoms with van der Waals surface area (Å²) in [6.45, 7) is 5.79. The first-order valence-electron chi connectivity index (χ1n) is 8.34. The van der Waals surface area contributed by atoms with Gasteiger partial charge in [-0.3, -0.25) is 10.1 Å². The van der Waals surface area contributed by atoms with Crippen LogP contribution < -0.4 is 5.32 Å². The van der Waals surface area contributed by atoms with E-state index in [4.69, 9.17) is 4.74 Å². The van der Waals surface area contributed by atoms with E-state index in [2.05, 4.69) is 15.3 Å². The van der Waals surface area contributed by atoms with Crippen molar-refractivity contribution in [1.82, 2.24) is 9.97 Å². The van der Waals surface area contributed by atoms with Crippen LogP contribution in [0.15, 0.2) is 30.3 Å². The van der Waals surface area contributed by atoms with Crippen molar-refractivity contribution in [3.05, 3.63) is 50.8 Å². The Hall–Kier alpha value is -2.58. The Kier molecular flexibility index (Phi) is 5.67. The van der Waals surface area contributed by atoms with E-state index in [1.165, 1.54) is 29.8 Å². The second-order valence-corrected chi connectivity index (χ2v) is 8.34. The molecule has 6 nitrogen and oxygen atoms in total. The van der Waals surface area contributed by atoms with E-state index in [1.807, 2.05) is 51.1 Å². The molecule has 0 radical (unpaired) electrons. The number of ether oxygens (including phenoxy) is 1. The van der Waals surface area contributed by atoms with Crippen LogP contribution in [0.4, 0.5) is 5.13 Å². The molecule has 0 atom stereocenters. The van der Waals surface area contributed by atoms with Crippen molar-refractivity contribution in [3.63, 3.8) is 0 Å². The second kappa shape index (κ2) is 7.98. The number of hydrogen-bond donors (Lipinski definition) is 1. The highest BCUT2D eigenvalue weighted by Crippen LogP contribution is 2.32. The fraction of sp³-hybridized carbons (Fsp3) is 0.263. The predicted molar refractivity (Wildman–Crippen MR) is 108 cm³/mol. The van der Waals surface area contributed by atoms with Crippen LogP contribution in [0.25, 0.3) is 11.3 Å². The summed E-state index contributed by atoms with van der Waals surface area (Å²) < 4.78 is 4.79. The molecule has 3 aromatic rings. The van der Waals surface area contributed by atoms with Crippen molar-refractivity contribution in [2.45, 2.75) is 26.7 Å². The highest BCUT2D eigenvalue weighted by atomic mass is 32.1. The minimum Gasteiger partial charge on any atom is -0.464 e. The highest BCUT2D eigenvalue weighted by Gasteiger charge is 2.24. The minimum atomic E-state index is -0.506. The number of benzene rings is 1. The molecule has 3 rings (SSSR count). The second-order valence-electron chi connectivity index (χ2n) is 6.11. The molecule has 0 saturated carbocycles. The monoisotopic (exact) mass is 401 g/mol. The van der Waals surface area contributed by atoms with E-state index < -0.39 is 5.97 Å². The van der Waals surface area contributed by atoms with Crippen LogP contribution in [0, 0.1) is 6.92 Å². The quantitative estimate of drug-likeness (QED) is 0.625. The van der Waals surface area contributed by atoms with Gasteiger partial charge in [0.25, 0.3) is 5.91 Å². The van der Waals surface area contributed by atoms with Gasteiger partial charge < -0.3 is 4.74 Å². The van der Waals surface area contributed by atoms with E-state index >= 15 is 0 Å². The summed E-state index contributed by atoms with van der Waals surface area (Å²) in [5.41, 5.74) is 1.77. The van der Waals surface area contributed by atoms with E-state index in [1.54, 1.807) is 0 Å². The number of carbonyl (C=O) groups is 2. The van der Waals surface area contributed by atoms with Crippen LogP contribution >= 0.6 is 22.7 Å². The molecule has 1 amide bonds. The lowest BCUT2D eigenvalue weighted by atomic mass is 10.1. The molecule has 140 valence electrons. The van der Waals surface area contributed by atoms with Crippen molar-refractivity contribution >= 4 is 39.7 Å². The van der Waals surface area contributed by atoms with Crippen LogP contribution in [0.3, 0.4) is 0 Å². The molecule has 0 fully saturated rings. The lowest BCUT2D eigenvalue weighted by Gasteiger charge is -2.03. The smallest absolute Gasteiger partial charge is 0.357 e. The fourth-order valence-corrected chi connectivity index (χ4v) is 4.33. The molecular weight excluding hydrogens is 382 g/mol. The standard InChI is InChI=1S/C19H19N3O3S2/c1-10(2)15-14(18(24)25-4)21-19(27-15)22-17(23)16-13(20-11(3)26-16)12-8-6-5-7-9-12/h5-10H,1-4H3,(H,21,22,23). The van der Waals surface area contributed by atoms with Crippen LogP contribution in [0.2, 0.25) is 0 Å². The number of rotatable bonds is 5. The maximum absolute atomic E-state index is 12.9. The average molecular weight is 402 g/mol. The Morgan fingerprint density at radius 1 is 1.11 bits per heavy atom. The van der Waals surface area contributed by atoms with Crippen molar-refractivity contribution in [2.75, 3.05) is 12.4 Å². The van der Waals surface area contributed by atoms with Gasteiger partial charge in [0.2, 0.25) is 0 Å². The van der Waals surface area contributed by atoms with Gasteiger partial charge in [-0.1, -0.05) is 44.2 Å². The number of nitrogens with one attached hydrogen (secondary N) is 1. The topological polar surface area (TPSA) is 81.2 Å². The molecule has 0 bridgehead atoms. The summed E-state index contributed by atoms with van der Waals surface area (Å²) in [5, 5.41) is 3.98.